The zero-order valence-corrected chi connectivity index (χ0v) is 13.1. The predicted molar refractivity (Wildman–Crippen MR) is 75.4 cm³/mol. The van der Waals surface area contributed by atoms with Crippen LogP contribution in [0.2, 0.25) is 0 Å². The number of ether oxygens (including phenoxy) is 2. The number of carbonyl (C=O) groups is 2. The lowest BCUT2D eigenvalue weighted by atomic mass is 10.3. The number of carbonyl (C=O) groups excluding carboxylic acids is 2. The SMILES string of the molecule is CC(=O)Oc1ccc(OC(=O)CCCO[N+](=O)[O-])cc1S(=O)(=O)O. The van der Waals surface area contributed by atoms with Gasteiger partial charge in [-0.15, -0.1) is 10.1 Å². The van der Waals surface area contributed by atoms with Crippen molar-refractivity contribution in [1.82, 2.24) is 0 Å². The summed E-state index contributed by atoms with van der Waals surface area (Å²) in [6.45, 7) is 0.735. The van der Waals surface area contributed by atoms with E-state index in [1.165, 1.54) is 0 Å². The van der Waals surface area contributed by atoms with Crippen molar-refractivity contribution in [3.63, 3.8) is 0 Å². The number of hydrogen-bond acceptors (Lipinski definition) is 9. The summed E-state index contributed by atoms with van der Waals surface area (Å²) in [5.74, 6) is -2.26. The monoisotopic (exact) mass is 363 g/mol. The summed E-state index contributed by atoms with van der Waals surface area (Å²) in [7, 11) is -4.73. The standard InChI is InChI=1S/C12H13NO10S/c1-8(14)22-10-5-4-9(7-11(10)24(18,19)20)23-12(15)3-2-6-21-13(16)17/h4-5,7H,2-3,6H2,1H3,(H,18,19,20). The lowest BCUT2D eigenvalue weighted by molar-refractivity contribution is -0.757. The Balaban J connectivity index is 2.81. The van der Waals surface area contributed by atoms with Crippen LogP contribution in [0, 0.1) is 10.1 Å². The molecule has 1 aromatic rings. The van der Waals surface area contributed by atoms with E-state index >= 15 is 0 Å². The van der Waals surface area contributed by atoms with Crippen molar-refractivity contribution in [2.24, 2.45) is 0 Å². The second-order valence-corrected chi connectivity index (χ2v) is 5.70. The fourth-order valence-electron chi connectivity index (χ4n) is 1.53. The summed E-state index contributed by atoms with van der Waals surface area (Å²) in [6, 6.07) is 2.99. The zero-order valence-electron chi connectivity index (χ0n) is 12.3. The van der Waals surface area contributed by atoms with Crippen molar-refractivity contribution in [2.45, 2.75) is 24.7 Å². The molecule has 0 bridgehead atoms. The smallest absolute Gasteiger partial charge is 0.311 e. The molecule has 1 rings (SSSR count). The predicted octanol–water partition coefficient (Wildman–Crippen LogP) is 0.752. The quantitative estimate of drug-likeness (QED) is 0.174. The summed E-state index contributed by atoms with van der Waals surface area (Å²) in [6.07, 6.45) is -0.211. The van der Waals surface area contributed by atoms with Crippen molar-refractivity contribution in [1.29, 1.82) is 0 Å². The maximum Gasteiger partial charge on any atom is 0.311 e. The molecule has 0 spiro atoms. The molecule has 0 saturated carbocycles. The Bertz CT molecular complexity index is 742. The molecule has 0 aliphatic heterocycles. The highest BCUT2D eigenvalue weighted by atomic mass is 32.2. The van der Waals surface area contributed by atoms with Crippen LogP contribution in [0.15, 0.2) is 23.1 Å². The van der Waals surface area contributed by atoms with Gasteiger partial charge in [0.2, 0.25) is 0 Å². The van der Waals surface area contributed by atoms with Crippen LogP contribution in [-0.4, -0.2) is 36.6 Å². The third-order valence-corrected chi connectivity index (χ3v) is 3.28. The second-order valence-electron chi connectivity index (χ2n) is 4.31. The summed E-state index contributed by atoms with van der Waals surface area (Å²) in [4.78, 5) is 35.6. The maximum absolute atomic E-state index is 11.5. The summed E-state index contributed by atoms with van der Waals surface area (Å²) in [5.41, 5.74) is 0. The van der Waals surface area contributed by atoms with E-state index in [0.29, 0.717) is 0 Å². The van der Waals surface area contributed by atoms with Crippen molar-refractivity contribution >= 4 is 22.1 Å². The first kappa shape index (κ1) is 19.3. The van der Waals surface area contributed by atoms with E-state index < -0.39 is 37.8 Å². The Morgan fingerprint density at radius 1 is 1.29 bits per heavy atom. The van der Waals surface area contributed by atoms with Crippen LogP contribution in [0.5, 0.6) is 11.5 Å². The molecule has 0 aliphatic carbocycles. The number of benzene rings is 1. The van der Waals surface area contributed by atoms with Crippen LogP contribution in [0.3, 0.4) is 0 Å². The van der Waals surface area contributed by atoms with Crippen LogP contribution >= 0.6 is 0 Å². The summed E-state index contributed by atoms with van der Waals surface area (Å²) in [5, 5.41) is 8.92. The molecule has 0 atom stereocenters. The molecule has 0 radical (unpaired) electrons. The van der Waals surface area contributed by atoms with Crippen LogP contribution in [0.4, 0.5) is 0 Å². The molecular weight excluding hydrogens is 350 g/mol. The Labute approximate surface area is 136 Å². The van der Waals surface area contributed by atoms with E-state index in [0.717, 1.165) is 25.1 Å². The lowest BCUT2D eigenvalue weighted by Gasteiger charge is -2.09. The highest BCUT2D eigenvalue weighted by Gasteiger charge is 2.20. The molecule has 0 saturated heterocycles. The van der Waals surface area contributed by atoms with Gasteiger partial charge in [-0.3, -0.25) is 14.1 Å². The highest BCUT2D eigenvalue weighted by molar-refractivity contribution is 7.86. The molecule has 0 fully saturated rings. The first-order valence-electron chi connectivity index (χ1n) is 6.37. The molecule has 11 nitrogen and oxygen atoms in total. The van der Waals surface area contributed by atoms with Gasteiger partial charge in [0.1, 0.15) is 10.6 Å². The first-order valence-corrected chi connectivity index (χ1v) is 7.81. The Kier molecular flexibility index (Phi) is 6.61. The Hall–Kier alpha value is -2.73. The minimum Gasteiger partial charge on any atom is -0.426 e. The van der Waals surface area contributed by atoms with Gasteiger partial charge in [0, 0.05) is 19.4 Å². The molecular formula is C12H13NO10S. The van der Waals surface area contributed by atoms with Gasteiger partial charge in [-0.2, -0.15) is 8.42 Å². The Morgan fingerprint density at radius 2 is 1.96 bits per heavy atom. The van der Waals surface area contributed by atoms with Crippen LogP contribution in [-0.2, 0) is 24.5 Å². The molecule has 0 aromatic heterocycles. The fraction of sp³-hybridized carbons (Fsp3) is 0.333. The average molecular weight is 363 g/mol. The zero-order chi connectivity index (χ0) is 18.3. The van der Waals surface area contributed by atoms with Gasteiger partial charge in [0.05, 0.1) is 6.61 Å². The summed E-state index contributed by atoms with van der Waals surface area (Å²) >= 11 is 0. The van der Waals surface area contributed by atoms with E-state index in [1.807, 2.05) is 0 Å². The number of nitrogens with zero attached hydrogens (tertiary/aromatic N) is 1. The van der Waals surface area contributed by atoms with Gasteiger partial charge < -0.3 is 14.3 Å². The largest absolute Gasteiger partial charge is 0.426 e. The molecule has 0 aliphatic rings. The topological polar surface area (TPSA) is 159 Å². The molecule has 12 heteroatoms. The van der Waals surface area contributed by atoms with Gasteiger partial charge in [0.25, 0.3) is 15.2 Å². The van der Waals surface area contributed by atoms with E-state index in [9.17, 15) is 28.1 Å². The lowest BCUT2D eigenvalue weighted by Crippen LogP contribution is -2.12. The van der Waals surface area contributed by atoms with Gasteiger partial charge in [-0.1, -0.05) is 0 Å². The van der Waals surface area contributed by atoms with Gasteiger partial charge in [-0.25, -0.2) is 0 Å². The number of rotatable bonds is 8. The minimum absolute atomic E-state index is 0.0104. The molecule has 132 valence electrons. The number of esters is 2. The third kappa shape index (κ3) is 6.58. The Morgan fingerprint density at radius 3 is 2.50 bits per heavy atom. The second kappa shape index (κ2) is 8.21. The maximum atomic E-state index is 11.5. The third-order valence-electron chi connectivity index (χ3n) is 2.40. The van der Waals surface area contributed by atoms with Crippen molar-refractivity contribution < 1.29 is 42.0 Å². The van der Waals surface area contributed by atoms with Crippen molar-refractivity contribution in [2.75, 3.05) is 6.61 Å². The highest BCUT2D eigenvalue weighted by Crippen LogP contribution is 2.28. The molecule has 0 unspecified atom stereocenters. The van der Waals surface area contributed by atoms with Gasteiger partial charge in [-0.05, 0) is 18.6 Å². The van der Waals surface area contributed by atoms with Crippen molar-refractivity contribution in [3.05, 3.63) is 28.3 Å². The van der Waals surface area contributed by atoms with E-state index in [4.69, 9.17) is 9.29 Å². The molecule has 0 heterocycles. The first-order chi connectivity index (χ1) is 11.1. The normalized spacial score (nSPS) is 10.8. The van der Waals surface area contributed by atoms with Crippen molar-refractivity contribution in [3.8, 4) is 11.5 Å². The molecule has 1 aromatic carbocycles. The minimum atomic E-state index is -4.73. The summed E-state index contributed by atoms with van der Waals surface area (Å²) < 4.78 is 41.2. The van der Waals surface area contributed by atoms with Crippen LogP contribution < -0.4 is 9.47 Å². The molecule has 24 heavy (non-hydrogen) atoms. The average Bonchev–Trinajstić information content (AvgIpc) is 2.43. The van der Waals surface area contributed by atoms with E-state index in [1.54, 1.807) is 0 Å². The van der Waals surface area contributed by atoms with Gasteiger partial charge >= 0.3 is 11.9 Å². The van der Waals surface area contributed by atoms with Gasteiger partial charge in [0.15, 0.2) is 5.75 Å². The van der Waals surface area contributed by atoms with Crippen LogP contribution in [0.25, 0.3) is 0 Å². The number of hydrogen-bond donors (Lipinski definition) is 1. The van der Waals surface area contributed by atoms with E-state index in [2.05, 4.69) is 9.57 Å². The van der Waals surface area contributed by atoms with Crippen LogP contribution in [0.1, 0.15) is 19.8 Å². The fourth-order valence-corrected chi connectivity index (χ4v) is 2.16. The van der Waals surface area contributed by atoms with E-state index in [-0.39, 0.29) is 25.2 Å². The molecule has 0 amide bonds. The molecule has 1 N–H and O–H groups in total.